The van der Waals surface area contributed by atoms with Crippen molar-refractivity contribution in [3.8, 4) is 11.3 Å². The molecule has 36 heavy (non-hydrogen) atoms. The average molecular weight is 506 g/mol. The minimum Gasteiger partial charge on any atom is -0.444 e. The van der Waals surface area contributed by atoms with E-state index in [2.05, 4.69) is 26.7 Å². The Kier molecular flexibility index (Phi) is 7.76. The molecular weight excluding hydrogens is 474 g/mol. The number of rotatable bonds is 7. The number of urea groups is 1. The summed E-state index contributed by atoms with van der Waals surface area (Å²) in [7, 11) is 0. The van der Waals surface area contributed by atoms with Gasteiger partial charge in [-0.05, 0) is 57.1 Å². The summed E-state index contributed by atoms with van der Waals surface area (Å²) in [5.41, 5.74) is 3.40. The SMILES string of the molecule is O=C(Nc1cccc(-c2cnco2)c1)c1csc(C2CCN(C(=O)NCCC3=CCCCC3)CC2)n1. The molecule has 2 aliphatic rings. The number of nitrogens with one attached hydrogen (secondary N) is 2. The summed E-state index contributed by atoms with van der Waals surface area (Å²) >= 11 is 1.51. The second-order valence-corrected chi connectivity index (χ2v) is 10.2. The van der Waals surface area contributed by atoms with Crippen LogP contribution in [-0.2, 0) is 0 Å². The van der Waals surface area contributed by atoms with Crippen LogP contribution in [0.4, 0.5) is 10.5 Å². The molecule has 8 nitrogen and oxygen atoms in total. The topological polar surface area (TPSA) is 100 Å². The monoisotopic (exact) mass is 505 g/mol. The van der Waals surface area contributed by atoms with E-state index in [0.29, 0.717) is 36.8 Å². The van der Waals surface area contributed by atoms with Gasteiger partial charge in [-0.1, -0.05) is 23.8 Å². The maximum atomic E-state index is 12.8. The molecule has 0 radical (unpaired) electrons. The molecule has 3 amide bonds. The lowest BCUT2D eigenvalue weighted by atomic mass is 9.97. The Morgan fingerprint density at radius 1 is 1.19 bits per heavy atom. The van der Waals surface area contributed by atoms with Crippen LogP contribution in [0, 0.1) is 0 Å². The van der Waals surface area contributed by atoms with Crippen LogP contribution in [-0.4, -0.2) is 46.4 Å². The van der Waals surface area contributed by atoms with Crippen molar-refractivity contribution in [1.82, 2.24) is 20.2 Å². The molecule has 2 aromatic heterocycles. The number of nitrogens with zero attached hydrogens (tertiary/aromatic N) is 3. The first kappa shape index (κ1) is 24.2. The number of benzene rings is 1. The summed E-state index contributed by atoms with van der Waals surface area (Å²) in [5, 5.41) is 8.77. The van der Waals surface area contributed by atoms with Crippen LogP contribution < -0.4 is 10.6 Å². The van der Waals surface area contributed by atoms with E-state index in [9.17, 15) is 9.59 Å². The number of likely N-dealkylation sites (tertiary alicyclic amines) is 1. The van der Waals surface area contributed by atoms with E-state index in [-0.39, 0.29) is 17.9 Å². The van der Waals surface area contributed by atoms with Crippen molar-refractivity contribution in [2.45, 2.75) is 50.9 Å². The first-order valence-corrected chi connectivity index (χ1v) is 13.5. The Morgan fingerprint density at radius 3 is 2.86 bits per heavy atom. The first-order chi connectivity index (χ1) is 17.7. The number of allylic oxidation sites excluding steroid dienone is 1. The molecule has 0 spiro atoms. The molecule has 188 valence electrons. The van der Waals surface area contributed by atoms with Gasteiger partial charge in [0, 0.05) is 42.2 Å². The van der Waals surface area contributed by atoms with Crippen molar-refractivity contribution in [1.29, 1.82) is 0 Å². The fraction of sp³-hybridized carbons (Fsp3) is 0.407. The Hall–Kier alpha value is -3.46. The van der Waals surface area contributed by atoms with Gasteiger partial charge in [0.25, 0.3) is 5.91 Å². The first-order valence-electron chi connectivity index (χ1n) is 12.6. The molecule has 0 bridgehead atoms. The molecule has 1 aliphatic carbocycles. The lowest BCUT2D eigenvalue weighted by Gasteiger charge is -2.31. The molecule has 1 aliphatic heterocycles. The van der Waals surface area contributed by atoms with Crippen molar-refractivity contribution in [2.75, 3.05) is 25.0 Å². The van der Waals surface area contributed by atoms with Crippen molar-refractivity contribution in [3.63, 3.8) is 0 Å². The Bertz CT molecular complexity index is 1210. The van der Waals surface area contributed by atoms with E-state index in [1.807, 2.05) is 34.5 Å². The molecule has 2 N–H and O–H groups in total. The summed E-state index contributed by atoms with van der Waals surface area (Å²) in [6, 6.07) is 7.46. The summed E-state index contributed by atoms with van der Waals surface area (Å²) in [5.74, 6) is 0.670. The maximum Gasteiger partial charge on any atom is 0.317 e. The largest absolute Gasteiger partial charge is 0.444 e. The zero-order valence-electron chi connectivity index (χ0n) is 20.2. The normalized spacial score (nSPS) is 16.4. The highest BCUT2D eigenvalue weighted by Crippen LogP contribution is 2.31. The van der Waals surface area contributed by atoms with E-state index in [1.165, 1.54) is 49.0 Å². The predicted molar refractivity (Wildman–Crippen MR) is 140 cm³/mol. The standard InChI is InChI=1S/C27H31N5O3S/c33-25(30-22-8-4-7-21(15-22)24-16-28-18-35-24)23-17-36-26(31-23)20-10-13-32(14-11-20)27(34)29-12-9-19-5-2-1-3-6-19/h4-5,7-8,15-18,20H,1-3,6,9-14H2,(H,29,34)(H,30,33). The number of carbonyl (C=O) groups excluding carboxylic acids is 2. The van der Waals surface area contributed by atoms with E-state index < -0.39 is 0 Å². The van der Waals surface area contributed by atoms with Gasteiger partial charge in [0.15, 0.2) is 12.2 Å². The van der Waals surface area contributed by atoms with Gasteiger partial charge in [-0.15, -0.1) is 11.3 Å². The minimum absolute atomic E-state index is 0.0247. The van der Waals surface area contributed by atoms with Gasteiger partial charge in [-0.3, -0.25) is 4.79 Å². The van der Waals surface area contributed by atoms with Crippen LogP contribution in [0.2, 0.25) is 0 Å². The number of carbonyl (C=O) groups is 2. The molecular formula is C27H31N5O3S. The van der Waals surface area contributed by atoms with Gasteiger partial charge in [0.05, 0.1) is 11.2 Å². The quantitative estimate of drug-likeness (QED) is 0.394. The lowest BCUT2D eigenvalue weighted by Crippen LogP contribution is -2.44. The predicted octanol–water partition coefficient (Wildman–Crippen LogP) is 5.83. The zero-order chi connectivity index (χ0) is 24.7. The number of hydrogen-bond donors (Lipinski definition) is 2. The molecule has 0 atom stereocenters. The number of amides is 3. The molecule has 0 saturated carbocycles. The molecule has 1 aromatic carbocycles. The number of hydrogen-bond acceptors (Lipinski definition) is 6. The van der Waals surface area contributed by atoms with Crippen LogP contribution in [0.25, 0.3) is 11.3 Å². The van der Waals surface area contributed by atoms with E-state index in [1.54, 1.807) is 6.20 Å². The molecule has 5 rings (SSSR count). The zero-order valence-corrected chi connectivity index (χ0v) is 21.1. The number of aromatic nitrogens is 2. The minimum atomic E-state index is -0.239. The number of thiazole rings is 1. The second kappa shape index (κ2) is 11.5. The van der Waals surface area contributed by atoms with Crippen molar-refractivity contribution in [2.24, 2.45) is 0 Å². The van der Waals surface area contributed by atoms with Gasteiger partial charge < -0.3 is 20.0 Å². The molecule has 0 unspecified atom stereocenters. The number of oxazole rings is 1. The highest BCUT2D eigenvalue weighted by atomic mass is 32.1. The summed E-state index contributed by atoms with van der Waals surface area (Å²) in [4.78, 5) is 35.8. The fourth-order valence-corrected chi connectivity index (χ4v) is 5.76. The van der Waals surface area contributed by atoms with Gasteiger partial charge in [0.2, 0.25) is 0 Å². The van der Waals surface area contributed by atoms with Crippen LogP contribution in [0.1, 0.15) is 66.4 Å². The van der Waals surface area contributed by atoms with E-state index in [0.717, 1.165) is 29.8 Å². The van der Waals surface area contributed by atoms with Crippen molar-refractivity contribution < 1.29 is 14.0 Å². The van der Waals surface area contributed by atoms with Crippen molar-refractivity contribution in [3.05, 3.63) is 64.6 Å². The molecule has 1 saturated heterocycles. The highest BCUT2D eigenvalue weighted by molar-refractivity contribution is 7.10. The van der Waals surface area contributed by atoms with Crippen molar-refractivity contribution >= 4 is 29.0 Å². The van der Waals surface area contributed by atoms with Crippen LogP contribution in [0.15, 0.2) is 58.3 Å². The third kappa shape index (κ3) is 6.02. The molecule has 3 aromatic rings. The van der Waals surface area contributed by atoms with Crippen LogP contribution in [0.3, 0.4) is 0 Å². The average Bonchev–Trinajstić information content (AvgIpc) is 3.63. The summed E-state index contributed by atoms with van der Waals surface area (Å²) in [6.45, 7) is 2.11. The Labute approximate surface area is 214 Å². The fourth-order valence-electron chi connectivity index (χ4n) is 4.79. The maximum absolute atomic E-state index is 12.8. The van der Waals surface area contributed by atoms with Crippen LogP contribution in [0.5, 0.6) is 0 Å². The Morgan fingerprint density at radius 2 is 2.08 bits per heavy atom. The van der Waals surface area contributed by atoms with Gasteiger partial charge in [0.1, 0.15) is 5.69 Å². The third-order valence-corrected chi connectivity index (χ3v) is 7.84. The molecule has 1 fully saturated rings. The molecule has 9 heteroatoms. The lowest BCUT2D eigenvalue weighted by molar-refractivity contribution is 0.102. The molecule has 3 heterocycles. The third-order valence-electron chi connectivity index (χ3n) is 6.83. The number of piperidine rings is 1. The van der Waals surface area contributed by atoms with E-state index in [4.69, 9.17) is 4.42 Å². The van der Waals surface area contributed by atoms with Crippen LogP contribution >= 0.6 is 11.3 Å². The highest BCUT2D eigenvalue weighted by Gasteiger charge is 2.26. The number of anilines is 1. The summed E-state index contributed by atoms with van der Waals surface area (Å²) in [6.07, 6.45) is 12.9. The van der Waals surface area contributed by atoms with Gasteiger partial charge in [-0.25, -0.2) is 14.8 Å². The van der Waals surface area contributed by atoms with E-state index >= 15 is 0 Å². The smallest absolute Gasteiger partial charge is 0.317 e. The summed E-state index contributed by atoms with van der Waals surface area (Å²) < 4.78 is 5.34. The Balaban J connectivity index is 1.10. The van der Waals surface area contributed by atoms with Gasteiger partial charge in [-0.2, -0.15) is 0 Å². The second-order valence-electron chi connectivity index (χ2n) is 9.32. The van der Waals surface area contributed by atoms with Gasteiger partial charge >= 0.3 is 6.03 Å².